The van der Waals surface area contributed by atoms with E-state index in [1.807, 2.05) is 0 Å². The average molecular weight is 309 g/mol. The smallest absolute Gasteiger partial charge is 0.306 e. The molecule has 0 aromatic heterocycles. The number of carboxylic acid groups (broad SMARTS) is 1. The number of aliphatic carboxylic acids is 1. The standard InChI is InChI=1S/C20H36O2/c1-6-16(2)10-7-11-17(3)12-8-13-18(4)14-9-15-19(5)20(21)22/h11,14,16,19H,6-10,12-13,15H2,1-5H3,(H,21,22)/b17-11+,18-14+. The van der Waals surface area contributed by atoms with Crippen molar-refractivity contribution in [2.75, 3.05) is 0 Å². The predicted octanol–water partition coefficient (Wildman–Crippen LogP) is 6.38. The zero-order valence-electron chi connectivity index (χ0n) is 15.3. The second-order valence-electron chi connectivity index (χ2n) is 6.86. The second-order valence-corrected chi connectivity index (χ2v) is 6.86. The molecule has 0 fully saturated rings. The number of hydrogen-bond donors (Lipinski definition) is 1. The van der Waals surface area contributed by atoms with E-state index < -0.39 is 5.97 Å². The largest absolute Gasteiger partial charge is 0.481 e. The average Bonchev–Trinajstić information content (AvgIpc) is 2.46. The number of rotatable bonds is 12. The molecule has 1 N–H and O–H groups in total. The van der Waals surface area contributed by atoms with Crippen LogP contribution < -0.4 is 0 Å². The van der Waals surface area contributed by atoms with Gasteiger partial charge in [0.05, 0.1) is 5.92 Å². The van der Waals surface area contributed by atoms with Gasteiger partial charge in [-0.1, -0.05) is 50.5 Å². The summed E-state index contributed by atoms with van der Waals surface area (Å²) in [4.78, 5) is 10.7. The lowest BCUT2D eigenvalue weighted by molar-refractivity contribution is -0.141. The number of hydrogen-bond acceptors (Lipinski definition) is 1. The predicted molar refractivity (Wildman–Crippen MR) is 96.1 cm³/mol. The third-order valence-corrected chi connectivity index (χ3v) is 4.51. The first-order chi connectivity index (χ1) is 10.4. The summed E-state index contributed by atoms with van der Waals surface area (Å²) in [6, 6.07) is 0. The third kappa shape index (κ3) is 11.6. The first-order valence-corrected chi connectivity index (χ1v) is 8.90. The van der Waals surface area contributed by atoms with Crippen molar-refractivity contribution in [3.63, 3.8) is 0 Å². The Balaban J connectivity index is 3.84. The topological polar surface area (TPSA) is 37.3 Å². The molecule has 2 atom stereocenters. The number of allylic oxidation sites excluding steroid dienone is 4. The number of carbonyl (C=O) groups is 1. The van der Waals surface area contributed by atoms with Gasteiger partial charge in [0.25, 0.3) is 0 Å². The highest BCUT2D eigenvalue weighted by molar-refractivity contribution is 5.69. The fourth-order valence-electron chi connectivity index (χ4n) is 2.37. The maximum absolute atomic E-state index is 10.7. The molecule has 2 unspecified atom stereocenters. The lowest BCUT2D eigenvalue weighted by atomic mass is 9.99. The van der Waals surface area contributed by atoms with Crippen LogP contribution in [-0.2, 0) is 4.79 Å². The molecule has 0 bridgehead atoms. The summed E-state index contributed by atoms with van der Waals surface area (Å²) >= 11 is 0. The van der Waals surface area contributed by atoms with Crippen molar-refractivity contribution in [1.29, 1.82) is 0 Å². The van der Waals surface area contributed by atoms with E-state index in [2.05, 4.69) is 39.8 Å². The monoisotopic (exact) mass is 308 g/mol. The van der Waals surface area contributed by atoms with Crippen molar-refractivity contribution in [2.24, 2.45) is 11.8 Å². The molecule has 0 amide bonds. The van der Waals surface area contributed by atoms with Gasteiger partial charge in [-0.15, -0.1) is 0 Å². The normalized spacial score (nSPS) is 15.7. The van der Waals surface area contributed by atoms with Gasteiger partial charge in [0, 0.05) is 0 Å². The molecule has 0 saturated carbocycles. The SMILES string of the molecule is CCC(C)CC/C=C(\C)CCC/C(C)=C/CCC(C)C(=O)O. The lowest BCUT2D eigenvalue weighted by Gasteiger charge is -2.07. The summed E-state index contributed by atoms with van der Waals surface area (Å²) in [7, 11) is 0. The van der Waals surface area contributed by atoms with Gasteiger partial charge in [-0.25, -0.2) is 0 Å². The van der Waals surface area contributed by atoms with Crippen LogP contribution in [0.2, 0.25) is 0 Å². The van der Waals surface area contributed by atoms with E-state index in [1.165, 1.54) is 43.3 Å². The molecule has 128 valence electrons. The first-order valence-electron chi connectivity index (χ1n) is 8.90. The summed E-state index contributed by atoms with van der Waals surface area (Å²) in [6.07, 6.45) is 13.5. The van der Waals surface area contributed by atoms with Crippen molar-refractivity contribution < 1.29 is 9.90 Å². The molecule has 22 heavy (non-hydrogen) atoms. The Morgan fingerprint density at radius 2 is 1.50 bits per heavy atom. The van der Waals surface area contributed by atoms with E-state index in [0.29, 0.717) is 0 Å². The van der Waals surface area contributed by atoms with Gasteiger partial charge in [-0.05, 0) is 64.7 Å². The van der Waals surface area contributed by atoms with Crippen LogP contribution in [0.25, 0.3) is 0 Å². The van der Waals surface area contributed by atoms with Crippen molar-refractivity contribution in [3.05, 3.63) is 23.3 Å². The highest BCUT2D eigenvalue weighted by Crippen LogP contribution is 2.16. The van der Waals surface area contributed by atoms with Gasteiger partial charge in [0.15, 0.2) is 0 Å². The lowest BCUT2D eigenvalue weighted by Crippen LogP contribution is -2.08. The maximum atomic E-state index is 10.7. The zero-order valence-corrected chi connectivity index (χ0v) is 15.3. The quantitative estimate of drug-likeness (QED) is 0.425. The minimum atomic E-state index is -0.691. The molecule has 0 heterocycles. The summed E-state index contributed by atoms with van der Waals surface area (Å²) < 4.78 is 0. The molecular weight excluding hydrogens is 272 g/mol. The first kappa shape index (κ1) is 20.9. The molecular formula is C20H36O2. The molecule has 0 aliphatic heterocycles. The van der Waals surface area contributed by atoms with Gasteiger partial charge in [-0.2, -0.15) is 0 Å². The van der Waals surface area contributed by atoms with Crippen molar-refractivity contribution in [3.8, 4) is 0 Å². The van der Waals surface area contributed by atoms with Crippen LogP contribution in [-0.4, -0.2) is 11.1 Å². The van der Waals surface area contributed by atoms with Gasteiger partial charge < -0.3 is 5.11 Å². The van der Waals surface area contributed by atoms with Gasteiger partial charge in [0.1, 0.15) is 0 Å². The van der Waals surface area contributed by atoms with Crippen LogP contribution in [0.15, 0.2) is 23.3 Å². The van der Waals surface area contributed by atoms with E-state index in [9.17, 15) is 4.79 Å². The fraction of sp³-hybridized carbons (Fsp3) is 0.750. The van der Waals surface area contributed by atoms with Crippen LogP contribution in [0.1, 0.15) is 86.0 Å². The highest BCUT2D eigenvalue weighted by Gasteiger charge is 2.08. The second kappa shape index (κ2) is 12.5. The molecule has 2 nitrogen and oxygen atoms in total. The van der Waals surface area contributed by atoms with Crippen LogP contribution in [0, 0.1) is 11.8 Å². The molecule has 0 radical (unpaired) electrons. The Morgan fingerprint density at radius 3 is 1.95 bits per heavy atom. The molecule has 0 aromatic rings. The van der Waals surface area contributed by atoms with Crippen molar-refractivity contribution in [2.45, 2.75) is 86.0 Å². The molecule has 2 heteroatoms. The molecule has 0 aliphatic carbocycles. The molecule has 0 saturated heterocycles. The Bertz CT molecular complexity index is 366. The Labute approximate surface area is 137 Å². The van der Waals surface area contributed by atoms with Crippen molar-refractivity contribution in [1.82, 2.24) is 0 Å². The minimum absolute atomic E-state index is 0.236. The molecule has 0 aliphatic rings. The van der Waals surface area contributed by atoms with E-state index in [-0.39, 0.29) is 5.92 Å². The van der Waals surface area contributed by atoms with Gasteiger partial charge >= 0.3 is 5.97 Å². The summed E-state index contributed by atoms with van der Waals surface area (Å²) in [5.41, 5.74) is 2.90. The Hall–Kier alpha value is -1.05. The highest BCUT2D eigenvalue weighted by atomic mass is 16.4. The van der Waals surface area contributed by atoms with Gasteiger partial charge in [-0.3, -0.25) is 4.79 Å². The summed E-state index contributed by atoms with van der Waals surface area (Å²) in [6.45, 7) is 10.8. The third-order valence-electron chi connectivity index (χ3n) is 4.51. The maximum Gasteiger partial charge on any atom is 0.306 e. The van der Waals surface area contributed by atoms with Crippen LogP contribution in [0.3, 0.4) is 0 Å². The van der Waals surface area contributed by atoms with E-state index in [1.54, 1.807) is 6.92 Å². The van der Waals surface area contributed by atoms with E-state index >= 15 is 0 Å². The van der Waals surface area contributed by atoms with Crippen LogP contribution >= 0.6 is 0 Å². The van der Waals surface area contributed by atoms with Crippen LogP contribution in [0.4, 0.5) is 0 Å². The summed E-state index contributed by atoms with van der Waals surface area (Å²) in [5, 5.41) is 8.84. The summed E-state index contributed by atoms with van der Waals surface area (Å²) in [5.74, 6) is -0.0913. The minimum Gasteiger partial charge on any atom is -0.481 e. The molecule has 0 aromatic carbocycles. The zero-order chi connectivity index (χ0) is 17.0. The molecule has 0 spiro atoms. The van der Waals surface area contributed by atoms with Gasteiger partial charge in [0.2, 0.25) is 0 Å². The number of carboxylic acids is 1. The van der Waals surface area contributed by atoms with Crippen LogP contribution in [0.5, 0.6) is 0 Å². The Kier molecular flexibility index (Phi) is 11.9. The Morgan fingerprint density at radius 1 is 1.00 bits per heavy atom. The molecule has 0 rings (SSSR count). The van der Waals surface area contributed by atoms with E-state index in [0.717, 1.165) is 25.2 Å². The van der Waals surface area contributed by atoms with E-state index in [4.69, 9.17) is 5.11 Å². The fourth-order valence-corrected chi connectivity index (χ4v) is 2.37. The van der Waals surface area contributed by atoms with Crippen molar-refractivity contribution >= 4 is 5.97 Å².